The first-order chi connectivity index (χ1) is 2.94. The Bertz CT molecular complexity index is 55.7. The lowest BCUT2D eigenvalue weighted by Crippen LogP contribution is -2.18. The van der Waals surface area contributed by atoms with Crippen LogP contribution >= 0.6 is 22.6 Å². The van der Waals surface area contributed by atoms with Crippen LogP contribution in [0.15, 0.2) is 0 Å². The van der Waals surface area contributed by atoms with E-state index in [1.807, 2.05) is 0 Å². The fourth-order valence-electron chi connectivity index (χ4n) is 0. The van der Waals surface area contributed by atoms with Gasteiger partial charge in [-0.15, -0.1) is 0 Å². The fraction of sp³-hybridized carbons (Fsp3) is 1.00. The molecule has 4 heteroatoms. The van der Waals surface area contributed by atoms with Crippen molar-refractivity contribution in [1.29, 1.82) is 0 Å². The molecule has 0 saturated carbocycles. The highest BCUT2D eigenvalue weighted by Gasteiger charge is 2.33. The van der Waals surface area contributed by atoms with Crippen LogP contribution < -0.4 is 0 Å². The van der Waals surface area contributed by atoms with E-state index < -0.39 is 10.1 Å². The van der Waals surface area contributed by atoms with Crippen molar-refractivity contribution in [2.24, 2.45) is 0 Å². The Morgan fingerprint density at radius 3 is 1.57 bits per heavy atom. The van der Waals surface area contributed by atoms with Crippen molar-refractivity contribution in [1.82, 2.24) is 0 Å². The van der Waals surface area contributed by atoms with Crippen LogP contribution in [0.3, 0.4) is 0 Å². The molecule has 0 aliphatic heterocycles. The highest BCUT2D eigenvalue weighted by Crippen LogP contribution is 2.25. The Morgan fingerprint density at radius 2 is 1.57 bits per heavy atom. The summed E-state index contributed by atoms with van der Waals surface area (Å²) in [6.45, 7) is 1.11. The summed E-state index contributed by atoms with van der Waals surface area (Å²) in [6, 6.07) is 0. The van der Waals surface area contributed by atoms with E-state index in [9.17, 15) is 13.2 Å². The third-order valence-electron chi connectivity index (χ3n) is 0.451. The molecule has 0 radical (unpaired) electrons. The molecule has 0 N–H and O–H groups in total. The van der Waals surface area contributed by atoms with E-state index in [-0.39, 0.29) is 0 Å². The van der Waals surface area contributed by atoms with Crippen molar-refractivity contribution in [3.05, 3.63) is 0 Å². The van der Waals surface area contributed by atoms with Gasteiger partial charge in [-0.1, -0.05) is 22.6 Å². The third kappa shape index (κ3) is 3.13. The number of rotatable bonds is 0. The molecule has 0 aliphatic rings. The average Bonchev–Trinajstić information content (AvgIpc) is 1.31. The van der Waals surface area contributed by atoms with Gasteiger partial charge < -0.3 is 0 Å². The third-order valence-corrected chi connectivity index (χ3v) is 1.16. The van der Waals surface area contributed by atoms with Gasteiger partial charge in [0.15, 0.2) is 0 Å². The van der Waals surface area contributed by atoms with Crippen LogP contribution in [0.5, 0.6) is 0 Å². The SMILES string of the molecule is C[C@@H](I)C(F)(F)F. The molecule has 0 aromatic heterocycles. The van der Waals surface area contributed by atoms with Crippen LogP contribution in [0, 0.1) is 0 Å². The van der Waals surface area contributed by atoms with E-state index in [1.54, 1.807) is 0 Å². The van der Waals surface area contributed by atoms with Gasteiger partial charge in [0.2, 0.25) is 0 Å². The van der Waals surface area contributed by atoms with Crippen LogP contribution in [-0.2, 0) is 0 Å². The van der Waals surface area contributed by atoms with Crippen molar-refractivity contribution in [2.75, 3.05) is 0 Å². The molecule has 7 heavy (non-hydrogen) atoms. The van der Waals surface area contributed by atoms with Crippen LogP contribution in [-0.4, -0.2) is 10.1 Å². The molecule has 0 spiro atoms. The van der Waals surface area contributed by atoms with E-state index in [4.69, 9.17) is 0 Å². The summed E-state index contributed by atoms with van der Waals surface area (Å²) in [7, 11) is 0. The molecule has 0 aliphatic carbocycles. The molecule has 0 unspecified atom stereocenters. The summed E-state index contributed by atoms with van der Waals surface area (Å²) in [4.78, 5) is 0. The van der Waals surface area contributed by atoms with Crippen molar-refractivity contribution < 1.29 is 13.2 Å². The summed E-state index contributed by atoms with van der Waals surface area (Å²) in [5.41, 5.74) is 0. The van der Waals surface area contributed by atoms with Crippen molar-refractivity contribution >= 4 is 22.6 Å². The molecule has 0 heterocycles. The minimum Gasteiger partial charge on any atom is -0.170 e. The zero-order valence-corrected chi connectivity index (χ0v) is 5.75. The molecule has 0 bridgehead atoms. The Kier molecular flexibility index (Phi) is 2.35. The molecule has 0 rings (SSSR count). The zero-order valence-electron chi connectivity index (χ0n) is 3.59. The minimum atomic E-state index is -4.01. The minimum absolute atomic E-state index is 1.11. The van der Waals surface area contributed by atoms with Crippen LogP contribution in [0.25, 0.3) is 0 Å². The largest absolute Gasteiger partial charge is 0.400 e. The Labute approximate surface area is 53.2 Å². The summed E-state index contributed by atoms with van der Waals surface area (Å²) < 4.78 is 32.3. The zero-order chi connectivity index (χ0) is 6.08. The maximum Gasteiger partial charge on any atom is 0.400 e. The molecule has 0 saturated heterocycles. The maximum atomic E-state index is 11.2. The number of halogens is 4. The van der Waals surface area contributed by atoms with Crippen molar-refractivity contribution in [2.45, 2.75) is 17.0 Å². The molecular weight excluding hydrogens is 220 g/mol. The van der Waals surface area contributed by atoms with Gasteiger partial charge in [0, 0.05) is 0 Å². The fourth-order valence-corrected chi connectivity index (χ4v) is 0. The lowest BCUT2D eigenvalue weighted by Gasteiger charge is -2.05. The normalized spacial score (nSPS) is 16.7. The number of alkyl halides is 4. The first-order valence-corrected chi connectivity index (χ1v) is 2.90. The summed E-state index contributed by atoms with van der Waals surface area (Å²) in [6.07, 6.45) is -4.01. The first-order valence-electron chi connectivity index (χ1n) is 1.65. The molecule has 0 amide bonds. The Hall–Kier alpha value is 0.520. The van der Waals surface area contributed by atoms with E-state index in [0.29, 0.717) is 0 Å². The number of hydrogen-bond donors (Lipinski definition) is 0. The van der Waals surface area contributed by atoms with Crippen LogP contribution in [0.2, 0.25) is 0 Å². The highest BCUT2D eigenvalue weighted by molar-refractivity contribution is 14.1. The second-order valence-electron chi connectivity index (χ2n) is 1.16. The lowest BCUT2D eigenvalue weighted by molar-refractivity contribution is -0.121. The molecule has 0 aromatic carbocycles. The average molecular weight is 224 g/mol. The topological polar surface area (TPSA) is 0 Å². The highest BCUT2D eigenvalue weighted by atomic mass is 127. The smallest absolute Gasteiger partial charge is 0.170 e. The van der Waals surface area contributed by atoms with E-state index in [2.05, 4.69) is 0 Å². The Morgan fingerprint density at radius 1 is 1.43 bits per heavy atom. The lowest BCUT2D eigenvalue weighted by atomic mass is 10.5. The van der Waals surface area contributed by atoms with E-state index >= 15 is 0 Å². The standard InChI is InChI=1S/C3H4F3I/c1-2(7)3(4,5)6/h2H,1H3/t2-/m1/s1. The van der Waals surface area contributed by atoms with Gasteiger partial charge in [-0.05, 0) is 6.92 Å². The molecule has 0 fully saturated rings. The van der Waals surface area contributed by atoms with Gasteiger partial charge in [0.25, 0.3) is 0 Å². The molecule has 0 nitrogen and oxygen atoms in total. The van der Waals surface area contributed by atoms with Gasteiger partial charge in [-0.3, -0.25) is 0 Å². The maximum absolute atomic E-state index is 11.2. The van der Waals surface area contributed by atoms with Gasteiger partial charge in [-0.2, -0.15) is 13.2 Å². The first kappa shape index (κ1) is 7.52. The predicted molar refractivity (Wildman–Crippen MR) is 29.5 cm³/mol. The van der Waals surface area contributed by atoms with Crippen molar-refractivity contribution in [3.8, 4) is 0 Å². The van der Waals surface area contributed by atoms with Gasteiger partial charge in [0.1, 0.15) is 3.92 Å². The molecule has 44 valence electrons. The van der Waals surface area contributed by atoms with E-state index in [1.165, 1.54) is 22.6 Å². The van der Waals surface area contributed by atoms with E-state index in [0.717, 1.165) is 6.92 Å². The summed E-state index contributed by atoms with van der Waals surface area (Å²) in [5.74, 6) is 0. The van der Waals surface area contributed by atoms with Gasteiger partial charge >= 0.3 is 6.18 Å². The molecule has 0 aromatic rings. The second-order valence-corrected chi connectivity index (χ2v) is 3.03. The van der Waals surface area contributed by atoms with Crippen LogP contribution in [0.1, 0.15) is 6.92 Å². The Balaban J connectivity index is 3.54. The molecular formula is C3H4F3I. The van der Waals surface area contributed by atoms with Crippen LogP contribution in [0.4, 0.5) is 13.2 Å². The summed E-state index contributed by atoms with van der Waals surface area (Å²) >= 11 is 1.32. The second kappa shape index (κ2) is 2.19. The molecule has 1 atom stereocenters. The van der Waals surface area contributed by atoms with Gasteiger partial charge in [0.05, 0.1) is 0 Å². The predicted octanol–water partition coefficient (Wildman–Crippen LogP) is 2.37. The quantitative estimate of drug-likeness (QED) is 0.437. The summed E-state index contributed by atoms with van der Waals surface area (Å²) in [5, 5.41) is 0. The van der Waals surface area contributed by atoms with Gasteiger partial charge in [-0.25, -0.2) is 0 Å². The number of hydrogen-bond acceptors (Lipinski definition) is 0. The van der Waals surface area contributed by atoms with Crippen molar-refractivity contribution in [3.63, 3.8) is 0 Å². The monoisotopic (exact) mass is 224 g/mol.